The first-order chi connectivity index (χ1) is 9.57. The van der Waals surface area contributed by atoms with E-state index in [1.54, 1.807) is 13.8 Å². The van der Waals surface area contributed by atoms with Crippen molar-refractivity contribution in [3.63, 3.8) is 0 Å². The molecule has 1 aliphatic carbocycles. The molecular weight excluding hydrogens is 329 g/mol. The van der Waals surface area contributed by atoms with Crippen molar-refractivity contribution in [3.8, 4) is 0 Å². The molecule has 0 unspecified atom stereocenters. The zero-order valence-electron chi connectivity index (χ0n) is 12.1. The molecule has 9 heteroatoms. The predicted octanol–water partition coefficient (Wildman–Crippen LogP) is 3.45. The van der Waals surface area contributed by atoms with E-state index in [2.05, 4.69) is 3.63 Å². The monoisotopic (exact) mass is 351 g/mol. The molecule has 0 aromatic carbocycles. The molecule has 21 heavy (non-hydrogen) atoms. The third kappa shape index (κ3) is 4.59. The van der Waals surface area contributed by atoms with Crippen LogP contribution in [0.3, 0.4) is 0 Å². The van der Waals surface area contributed by atoms with E-state index in [1.165, 1.54) is 0 Å². The van der Waals surface area contributed by atoms with Crippen LogP contribution in [0.1, 0.15) is 39.5 Å². The molecule has 126 valence electrons. The highest BCUT2D eigenvalue weighted by Crippen LogP contribution is 2.50. The summed E-state index contributed by atoms with van der Waals surface area (Å²) in [5, 5.41) is 0. The van der Waals surface area contributed by atoms with E-state index in [9.17, 15) is 26.4 Å². The Balaban J connectivity index is 2.90. The number of carbonyl (C=O) groups is 1. The van der Waals surface area contributed by atoms with E-state index in [0.717, 1.165) is 25.7 Å². The van der Waals surface area contributed by atoms with Gasteiger partial charge in [-0.1, -0.05) is 26.7 Å². The van der Waals surface area contributed by atoms with E-state index in [4.69, 9.17) is 0 Å². The summed E-state index contributed by atoms with van der Waals surface area (Å²) in [7, 11) is -8.02. The Hall–Kier alpha value is -0.280. The Morgan fingerprint density at radius 1 is 1.14 bits per heavy atom. The third-order valence-electron chi connectivity index (χ3n) is 3.84. The Morgan fingerprint density at radius 3 is 2.00 bits per heavy atom. The maximum absolute atomic E-state index is 12.5. The van der Waals surface area contributed by atoms with Crippen molar-refractivity contribution in [1.82, 2.24) is 0 Å². The van der Waals surface area contributed by atoms with Gasteiger partial charge in [-0.15, -0.1) is 8.42 Å². The minimum absolute atomic E-state index is 0.132. The molecule has 0 amide bonds. The molecule has 0 radical (unpaired) electrons. The Labute approximate surface area is 125 Å². The summed E-state index contributed by atoms with van der Waals surface area (Å²) in [6.45, 7) is 3.19. The molecule has 4 nitrogen and oxygen atoms in total. The highest BCUT2D eigenvalue weighted by atomic mass is 32.3. The first kappa shape index (κ1) is 18.8. The van der Waals surface area contributed by atoms with E-state index in [1.807, 2.05) is 0 Å². The highest BCUT2D eigenvalue weighted by Gasteiger charge is 2.56. The fourth-order valence-corrected chi connectivity index (χ4v) is 7.06. The molecule has 1 aliphatic rings. The van der Waals surface area contributed by atoms with Crippen molar-refractivity contribution in [1.29, 1.82) is 0 Å². The van der Waals surface area contributed by atoms with Gasteiger partial charge in [0.2, 0.25) is 0 Å². The second-order valence-electron chi connectivity index (χ2n) is 5.16. The zero-order valence-corrected chi connectivity index (χ0v) is 13.8. The van der Waals surface area contributed by atoms with Gasteiger partial charge in [0.25, 0.3) is 0 Å². The van der Waals surface area contributed by atoms with Crippen molar-refractivity contribution in [3.05, 3.63) is 0 Å². The van der Waals surface area contributed by atoms with Crippen molar-refractivity contribution >= 4 is 26.2 Å². The molecule has 1 fully saturated rings. The highest BCUT2D eigenvalue weighted by molar-refractivity contribution is 8.32. The van der Waals surface area contributed by atoms with Gasteiger partial charge in [-0.05, 0) is 23.2 Å². The summed E-state index contributed by atoms with van der Waals surface area (Å²) in [5.74, 6) is -0.0970. The Morgan fingerprint density at radius 2 is 1.62 bits per heavy atom. The van der Waals surface area contributed by atoms with Crippen LogP contribution in [-0.4, -0.2) is 40.6 Å². The number of Topliss-reactive ketones (excluding diaryl/α,β-unsaturated/α-hetero) is 1. The van der Waals surface area contributed by atoms with Crippen LogP contribution in [0.2, 0.25) is 0 Å². The molecule has 0 saturated heterocycles. The summed E-state index contributed by atoms with van der Waals surface area (Å²) < 4.78 is 63.3. The lowest BCUT2D eigenvalue weighted by atomic mass is 10.0. The van der Waals surface area contributed by atoms with Crippen LogP contribution >= 0.6 is 10.3 Å². The van der Waals surface area contributed by atoms with Crippen molar-refractivity contribution in [2.75, 3.05) is 17.3 Å². The smallest absolute Gasteiger partial charge is 0.298 e. The van der Waals surface area contributed by atoms with Gasteiger partial charge in [0.1, 0.15) is 0 Å². The largest absolute Gasteiger partial charge is 0.572 e. The van der Waals surface area contributed by atoms with Crippen LogP contribution in [0.15, 0.2) is 0 Å². The second-order valence-corrected chi connectivity index (χ2v) is 10.6. The van der Waals surface area contributed by atoms with Crippen LogP contribution in [0, 0.1) is 5.92 Å². The summed E-state index contributed by atoms with van der Waals surface area (Å²) in [5.41, 5.74) is -5.40. The van der Waals surface area contributed by atoms with Gasteiger partial charge in [0, 0.05) is 17.4 Å². The van der Waals surface area contributed by atoms with Crippen LogP contribution in [0.4, 0.5) is 13.2 Å². The van der Waals surface area contributed by atoms with Crippen molar-refractivity contribution in [2.45, 2.75) is 45.0 Å². The third-order valence-corrected chi connectivity index (χ3v) is 9.45. The molecule has 0 bridgehead atoms. The fraction of sp³-hybridized carbons (Fsp3) is 0.917. The Bertz CT molecular complexity index is 463. The first-order valence-electron chi connectivity index (χ1n) is 6.91. The lowest BCUT2D eigenvalue weighted by molar-refractivity contribution is -0.120. The Kier molecular flexibility index (Phi) is 6.14. The van der Waals surface area contributed by atoms with Crippen LogP contribution < -0.4 is 0 Å². The number of alkyl halides is 3. The van der Waals surface area contributed by atoms with E-state index in [0.29, 0.717) is 0 Å². The molecule has 0 atom stereocenters. The number of halogens is 3. The summed E-state index contributed by atoms with van der Waals surface area (Å²) in [6, 6.07) is 0. The summed E-state index contributed by atoms with van der Waals surface area (Å²) in [4.78, 5) is 12.2. The summed E-state index contributed by atoms with van der Waals surface area (Å²) in [6.07, 6.45) is 3.37. The topological polar surface area (TPSA) is 64.0 Å². The maximum Gasteiger partial charge on any atom is 0.572 e. The van der Waals surface area contributed by atoms with Gasteiger partial charge < -0.3 is 0 Å². The molecule has 0 aliphatic heterocycles. The number of rotatable bonds is 7. The molecular formula is C12H22F3O4S2+. The fourth-order valence-electron chi connectivity index (χ4n) is 2.42. The molecule has 0 aromatic heterocycles. The van der Waals surface area contributed by atoms with E-state index in [-0.39, 0.29) is 29.0 Å². The van der Waals surface area contributed by atoms with Gasteiger partial charge in [-0.2, -0.15) is 13.2 Å². The van der Waals surface area contributed by atoms with Crippen molar-refractivity contribution < 1.29 is 30.0 Å². The van der Waals surface area contributed by atoms with Gasteiger partial charge in [-0.3, -0.25) is 8.42 Å². The zero-order chi connectivity index (χ0) is 16.3. The molecule has 1 saturated carbocycles. The second kappa shape index (κ2) is 6.87. The molecule has 1 N–H and O–H groups in total. The maximum atomic E-state index is 12.5. The molecule has 0 aromatic rings. The lowest BCUT2D eigenvalue weighted by Gasteiger charge is -2.32. The van der Waals surface area contributed by atoms with E-state index >= 15 is 0 Å². The standard InChI is InChI=1S/C12H21F3O4S2/c1-3-20(4-2,19-21(17,18)12(13,14)15)9-11(16)10-7-5-6-8-10/h10H,3-9H2,1-2H3/p+1. The SMILES string of the molecule is CCS(CC)(CC(=O)C1CCCC1)[OH+]S(=O)(=O)C(F)(F)F. The minimum Gasteiger partial charge on any atom is -0.298 e. The quantitative estimate of drug-likeness (QED) is 0.401. The van der Waals surface area contributed by atoms with Crippen molar-refractivity contribution in [2.24, 2.45) is 5.92 Å². The minimum atomic E-state index is -5.54. The van der Waals surface area contributed by atoms with Gasteiger partial charge in [0.05, 0.1) is 5.75 Å². The number of hydrogen-bond donors (Lipinski definition) is 0. The normalized spacial score (nSPS) is 18.9. The summed E-state index contributed by atoms with van der Waals surface area (Å²) >= 11 is 0. The lowest BCUT2D eigenvalue weighted by Crippen LogP contribution is -2.34. The molecule has 0 spiro atoms. The first-order valence-corrected chi connectivity index (χ1v) is 10.4. The van der Waals surface area contributed by atoms with Gasteiger partial charge in [-0.25, -0.2) is 0 Å². The average Bonchev–Trinajstić information content (AvgIpc) is 2.90. The van der Waals surface area contributed by atoms with Gasteiger partial charge >= 0.3 is 15.6 Å². The molecule has 1 rings (SSSR count). The van der Waals surface area contributed by atoms with E-state index < -0.39 is 25.9 Å². The van der Waals surface area contributed by atoms with Crippen LogP contribution in [0.5, 0.6) is 0 Å². The average molecular weight is 351 g/mol. The number of hydrogen-bond acceptors (Lipinski definition) is 3. The van der Waals surface area contributed by atoms with Crippen LogP contribution in [0.25, 0.3) is 0 Å². The number of carbonyl (C=O) groups excluding carboxylic acids is 1. The molecule has 0 heterocycles. The predicted molar refractivity (Wildman–Crippen MR) is 78.1 cm³/mol. The van der Waals surface area contributed by atoms with Crippen LogP contribution in [-0.2, 0) is 14.9 Å². The number of ketones is 1. The van der Waals surface area contributed by atoms with Gasteiger partial charge in [0.15, 0.2) is 5.78 Å².